The molecule has 0 bridgehead atoms. The Morgan fingerprint density at radius 1 is 1.20 bits per heavy atom. The van der Waals surface area contributed by atoms with Crippen LogP contribution in [0.3, 0.4) is 0 Å². The molecule has 0 spiro atoms. The fourth-order valence-corrected chi connectivity index (χ4v) is 3.67. The predicted molar refractivity (Wildman–Crippen MR) is 84.1 cm³/mol. The normalized spacial score (nSPS) is 23.6. The van der Waals surface area contributed by atoms with Crippen molar-refractivity contribution in [3.8, 4) is 0 Å². The molecule has 3 rings (SSSR count). The lowest BCUT2D eigenvalue weighted by atomic mass is 10.0. The van der Waals surface area contributed by atoms with Crippen LogP contribution in [0.4, 0.5) is 5.82 Å². The first-order valence-electron chi connectivity index (χ1n) is 8.34. The van der Waals surface area contributed by atoms with E-state index in [1.807, 2.05) is 6.20 Å². The van der Waals surface area contributed by atoms with Gasteiger partial charge in [0.25, 0.3) is 0 Å². The average Bonchev–Trinajstić information content (AvgIpc) is 3.16. The number of likely N-dealkylation sites (tertiary alicyclic amines) is 1. The smallest absolute Gasteiger partial charge is 0.133 e. The van der Waals surface area contributed by atoms with Gasteiger partial charge in [-0.05, 0) is 51.3 Å². The maximum atomic E-state index is 4.72. The van der Waals surface area contributed by atoms with Crippen LogP contribution in [0.25, 0.3) is 0 Å². The third-order valence-corrected chi connectivity index (χ3v) is 4.74. The Morgan fingerprint density at radius 2 is 2.05 bits per heavy atom. The van der Waals surface area contributed by atoms with Gasteiger partial charge >= 0.3 is 0 Å². The highest BCUT2D eigenvalue weighted by molar-refractivity contribution is 5.49. The van der Waals surface area contributed by atoms with Crippen LogP contribution < -0.4 is 4.90 Å². The zero-order chi connectivity index (χ0) is 13.8. The van der Waals surface area contributed by atoms with Crippen molar-refractivity contribution in [1.29, 1.82) is 0 Å². The Balaban J connectivity index is 1.81. The number of anilines is 1. The van der Waals surface area contributed by atoms with Gasteiger partial charge in [0.2, 0.25) is 0 Å². The molecular formula is C17H27N3. The van der Waals surface area contributed by atoms with Crippen molar-refractivity contribution in [1.82, 2.24) is 9.88 Å². The van der Waals surface area contributed by atoms with E-state index in [4.69, 9.17) is 4.98 Å². The van der Waals surface area contributed by atoms with E-state index in [1.165, 1.54) is 76.1 Å². The van der Waals surface area contributed by atoms with Crippen LogP contribution in [0.5, 0.6) is 0 Å². The first-order valence-corrected chi connectivity index (χ1v) is 8.34. The van der Waals surface area contributed by atoms with Gasteiger partial charge in [0.1, 0.15) is 5.82 Å². The number of aromatic nitrogens is 1. The number of nitrogens with zero attached hydrogens (tertiary/aromatic N) is 3. The molecule has 1 unspecified atom stereocenters. The molecule has 3 heterocycles. The van der Waals surface area contributed by atoms with Crippen LogP contribution in [-0.2, 0) is 0 Å². The standard InChI is InChI=1S/C17H27N3/c1-2-3-11-19-14-7-9-16(19)15-8-6-10-18-17(15)20-12-4-5-13-20/h6,8,10,16H,2-5,7,9,11-14H2,1H3. The minimum Gasteiger partial charge on any atom is -0.356 e. The lowest BCUT2D eigenvalue weighted by Crippen LogP contribution is -2.27. The molecule has 1 atom stereocenters. The summed E-state index contributed by atoms with van der Waals surface area (Å²) >= 11 is 0. The maximum absolute atomic E-state index is 4.72. The fourth-order valence-electron chi connectivity index (χ4n) is 3.67. The number of rotatable bonds is 5. The van der Waals surface area contributed by atoms with Crippen molar-refractivity contribution in [3.63, 3.8) is 0 Å². The van der Waals surface area contributed by atoms with Crippen LogP contribution >= 0.6 is 0 Å². The molecule has 3 heteroatoms. The van der Waals surface area contributed by atoms with Crippen LogP contribution in [0, 0.1) is 0 Å². The highest BCUT2D eigenvalue weighted by Gasteiger charge is 2.29. The van der Waals surface area contributed by atoms with Crippen LogP contribution in [0.1, 0.15) is 57.1 Å². The van der Waals surface area contributed by atoms with Crippen LogP contribution in [0.15, 0.2) is 18.3 Å². The minimum absolute atomic E-state index is 0.603. The van der Waals surface area contributed by atoms with E-state index in [1.54, 1.807) is 0 Å². The molecule has 0 aromatic carbocycles. The van der Waals surface area contributed by atoms with Crippen LogP contribution in [0.2, 0.25) is 0 Å². The van der Waals surface area contributed by atoms with Crippen molar-refractivity contribution in [2.45, 2.75) is 51.5 Å². The SMILES string of the molecule is CCCCN1CCCC1c1cccnc1N1CCCC1. The van der Waals surface area contributed by atoms with Crippen molar-refractivity contribution in [3.05, 3.63) is 23.9 Å². The first kappa shape index (κ1) is 13.9. The van der Waals surface area contributed by atoms with Gasteiger partial charge in [-0.3, -0.25) is 4.90 Å². The number of hydrogen-bond donors (Lipinski definition) is 0. The number of pyridine rings is 1. The molecule has 2 aliphatic rings. The van der Waals surface area contributed by atoms with Gasteiger partial charge in [0.15, 0.2) is 0 Å². The highest BCUT2D eigenvalue weighted by Crippen LogP contribution is 2.37. The molecular weight excluding hydrogens is 246 g/mol. The van der Waals surface area contributed by atoms with Gasteiger partial charge in [-0.15, -0.1) is 0 Å². The molecule has 0 amide bonds. The Hall–Kier alpha value is -1.09. The topological polar surface area (TPSA) is 19.4 Å². The second-order valence-corrected chi connectivity index (χ2v) is 6.16. The quantitative estimate of drug-likeness (QED) is 0.817. The maximum Gasteiger partial charge on any atom is 0.133 e. The summed E-state index contributed by atoms with van der Waals surface area (Å²) in [6, 6.07) is 5.03. The van der Waals surface area contributed by atoms with E-state index in [-0.39, 0.29) is 0 Å². The van der Waals surface area contributed by atoms with E-state index < -0.39 is 0 Å². The molecule has 2 aliphatic heterocycles. The molecule has 1 aromatic rings. The predicted octanol–water partition coefficient (Wildman–Crippen LogP) is 3.62. The highest BCUT2D eigenvalue weighted by atomic mass is 15.2. The summed E-state index contributed by atoms with van der Waals surface area (Å²) in [5.74, 6) is 1.26. The third kappa shape index (κ3) is 2.83. The number of unbranched alkanes of at least 4 members (excludes halogenated alkanes) is 1. The molecule has 110 valence electrons. The van der Waals surface area contributed by atoms with E-state index in [0.717, 1.165) is 0 Å². The van der Waals surface area contributed by atoms with Gasteiger partial charge in [0, 0.05) is 30.9 Å². The van der Waals surface area contributed by atoms with Crippen LogP contribution in [-0.4, -0.2) is 36.1 Å². The Kier molecular flexibility index (Phi) is 4.56. The molecule has 0 N–H and O–H groups in total. The lowest BCUT2D eigenvalue weighted by molar-refractivity contribution is 0.253. The lowest BCUT2D eigenvalue weighted by Gasteiger charge is -2.28. The number of hydrogen-bond acceptors (Lipinski definition) is 3. The second kappa shape index (κ2) is 6.57. The summed E-state index contributed by atoms with van der Waals surface area (Å²) in [6.07, 6.45) is 9.84. The van der Waals surface area contributed by atoms with Gasteiger partial charge in [0.05, 0.1) is 0 Å². The van der Waals surface area contributed by atoms with Gasteiger partial charge in [-0.1, -0.05) is 19.4 Å². The first-order chi connectivity index (χ1) is 9.90. The monoisotopic (exact) mass is 273 g/mol. The molecule has 0 radical (unpaired) electrons. The Bertz CT molecular complexity index is 426. The third-order valence-electron chi connectivity index (χ3n) is 4.74. The van der Waals surface area contributed by atoms with Crippen molar-refractivity contribution >= 4 is 5.82 Å². The largest absolute Gasteiger partial charge is 0.356 e. The Morgan fingerprint density at radius 3 is 2.85 bits per heavy atom. The summed E-state index contributed by atoms with van der Waals surface area (Å²) in [5, 5.41) is 0. The fraction of sp³-hybridized carbons (Fsp3) is 0.706. The molecule has 20 heavy (non-hydrogen) atoms. The van der Waals surface area contributed by atoms with E-state index in [2.05, 4.69) is 28.9 Å². The van der Waals surface area contributed by atoms with E-state index in [9.17, 15) is 0 Å². The molecule has 0 saturated carbocycles. The average molecular weight is 273 g/mol. The zero-order valence-corrected chi connectivity index (χ0v) is 12.7. The summed E-state index contributed by atoms with van der Waals surface area (Å²) in [5.41, 5.74) is 1.48. The molecule has 1 aromatic heterocycles. The van der Waals surface area contributed by atoms with Crippen molar-refractivity contribution < 1.29 is 0 Å². The van der Waals surface area contributed by atoms with Gasteiger partial charge in [-0.2, -0.15) is 0 Å². The van der Waals surface area contributed by atoms with Crippen molar-refractivity contribution in [2.75, 3.05) is 31.1 Å². The second-order valence-electron chi connectivity index (χ2n) is 6.16. The zero-order valence-electron chi connectivity index (χ0n) is 12.7. The summed E-state index contributed by atoms with van der Waals surface area (Å²) in [4.78, 5) is 9.89. The molecule has 2 fully saturated rings. The summed E-state index contributed by atoms with van der Waals surface area (Å²) < 4.78 is 0. The molecule has 0 aliphatic carbocycles. The van der Waals surface area contributed by atoms with Gasteiger partial charge in [-0.25, -0.2) is 4.98 Å². The Labute approximate surface area is 123 Å². The van der Waals surface area contributed by atoms with E-state index in [0.29, 0.717) is 6.04 Å². The van der Waals surface area contributed by atoms with Crippen molar-refractivity contribution in [2.24, 2.45) is 0 Å². The summed E-state index contributed by atoms with van der Waals surface area (Å²) in [6.45, 7) is 7.16. The van der Waals surface area contributed by atoms with Gasteiger partial charge < -0.3 is 4.90 Å². The molecule has 3 nitrogen and oxygen atoms in total. The van der Waals surface area contributed by atoms with E-state index >= 15 is 0 Å². The summed E-state index contributed by atoms with van der Waals surface area (Å²) in [7, 11) is 0. The molecule has 2 saturated heterocycles. The minimum atomic E-state index is 0.603.